The number of hydrogen-bond acceptors (Lipinski definition) is 5. The van der Waals surface area contributed by atoms with E-state index in [-0.39, 0.29) is 23.7 Å². The summed E-state index contributed by atoms with van der Waals surface area (Å²) in [7, 11) is 0. The number of nitrogens with zero attached hydrogens (tertiary/aromatic N) is 2. The van der Waals surface area contributed by atoms with Gasteiger partial charge in [-0.15, -0.1) is 0 Å². The van der Waals surface area contributed by atoms with Crippen LogP contribution in [0.2, 0.25) is 0 Å². The van der Waals surface area contributed by atoms with E-state index in [9.17, 15) is 18.4 Å². The number of rotatable bonds is 4. The molecule has 2 aliphatic heterocycles. The number of carbonyl (C=O) groups excluding carboxylic acids is 2. The first kappa shape index (κ1) is 19.7. The van der Waals surface area contributed by atoms with Crippen molar-refractivity contribution < 1.29 is 27.6 Å². The number of halogens is 2. The highest BCUT2D eigenvalue weighted by molar-refractivity contribution is 5.92. The molecular formula is C18H25F2N3O4. The molecule has 3 rings (SSSR count). The van der Waals surface area contributed by atoms with E-state index in [0.29, 0.717) is 39.3 Å². The normalized spacial score (nSPS) is 29.0. The highest BCUT2D eigenvalue weighted by atomic mass is 19.3. The molecule has 3 heterocycles. The molecule has 7 nitrogen and oxygen atoms in total. The summed E-state index contributed by atoms with van der Waals surface area (Å²) in [4.78, 5) is 26.6. The molecule has 2 amide bonds. The summed E-state index contributed by atoms with van der Waals surface area (Å²) in [5.74, 6) is -4.39. The minimum atomic E-state index is -3.19. The number of nitrogens with one attached hydrogen (secondary N) is 1. The van der Waals surface area contributed by atoms with Gasteiger partial charge in [0.2, 0.25) is 5.76 Å². The average molecular weight is 385 g/mol. The lowest BCUT2D eigenvalue weighted by Crippen LogP contribution is -2.54. The predicted octanol–water partition coefficient (Wildman–Crippen LogP) is 2.46. The van der Waals surface area contributed by atoms with Crippen molar-refractivity contribution in [2.75, 3.05) is 13.2 Å². The molecule has 2 saturated heterocycles. The fourth-order valence-corrected chi connectivity index (χ4v) is 3.63. The van der Waals surface area contributed by atoms with E-state index >= 15 is 0 Å². The summed E-state index contributed by atoms with van der Waals surface area (Å²) >= 11 is 0. The first-order chi connectivity index (χ1) is 12.6. The second-order valence-corrected chi connectivity index (χ2v) is 7.69. The molecule has 9 heteroatoms. The standard InChI is InChI=1S/C18H25F2N3O4/c1-11-9-12(21-16(25)17(2)6-4-8-26-17)5-7-23(11)15(24)13-10-14(27-22-13)18(3,19)20/h10-12H,4-9H2,1-3H3,(H,21,25)/t11-,12+,17?/m1/s1. The summed E-state index contributed by atoms with van der Waals surface area (Å²) in [6.07, 6.45) is 2.71. The van der Waals surface area contributed by atoms with Gasteiger partial charge in [-0.05, 0) is 39.5 Å². The Morgan fingerprint density at radius 1 is 1.44 bits per heavy atom. The van der Waals surface area contributed by atoms with E-state index in [0.717, 1.165) is 12.5 Å². The number of carbonyl (C=O) groups is 2. The lowest BCUT2D eigenvalue weighted by molar-refractivity contribution is -0.140. The Kier molecular flexibility index (Phi) is 5.24. The third kappa shape index (κ3) is 4.12. The van der Waals surface area contributed by atoms with Gasteiger partial charge in [-0.3, -0.25) is 9.59 Å². The molecule has 2 aliphatic rings. The van der Waals surface area contributed by atoms with Crippen molar-refractivity contribution in [3.63, 3.8) is 0 Å². The van der Waals surface area contributed by atoms with Gasteiger partial charge in [-0.2, -0.15) is 8.78 Å². The third-order valence-corrected chi connectivity index (χ3v) is 5.33. The van der Waals surface area contributed by atoms with Crippen LogP contribution in [0.25, 0.3) is 0 Å². The van der Waals surface area contributed by atoms with Crippen LogP contribution in [0, 0.1) is 0 Å². The van der Waals surface area contributed by atoms with Crippen molar-refractivity contribution in [2.45, 2.75) is 70.1 Å². The van der Waals surface area contributed by atoms with Crippen LogP contribution in [0.4, 0.5) is 8.78 Å². The monoisotopic (exact) mass is 385 g/mol. The van der Waals surface area contributed by atoms with Crippen LogP contribution >= 0.6 is 0 Å². The maximum absolute atomic E-state index is 13.3. The number of amides is 2. The van der Waals surface area contributed by atoms with Crippen LogP contribution in [0.1, 0.15) is 62.7 Å². The fourth-order valence-electron chi connectivity index (χ4n) is 3.63. The van der Waals surface area contributed by atoms with Gasteiger partial charge >= 0.3 is 5.92 Å². The van der Waals surface area contributed by atoms with E-state index < -0.39 is 23.2 Å². The molecule has 3 atom stereocenters. The third-order valence-electron chi connectivity index (χ3n) is 5.33. The molecule has 0 bridgehead atoms. The molecule has 2 fully saturated rings. The van der Waals surface area contributed by atoms with E-state index in [1.165, 1.54) is 0 Å². The van der Waals surface area contributed by atoms with E-state index in [1.54, 1.807) is 11.8 Å². The second kappa shape index (κ2) is 7.18. The number of alkyl halides is 2. The second-order valence-electron chi connectivity index (χ2n) is 7.69. The van der Waals surface area contributed by atoms with Crippen molar-refractivity contribution in [2.24, 2.45) is 0 Å². The Morgan fingerprint density at radius 2 is 2.19 bits per heavy atom. The lowest BCUT2D eigenvalue weighted by Gasteiger charge is -2.38. The Morgan fingerprint density at radius 3 is 2.74 bits per heavy atom. The number of aromatic nitrogens is 1. The van der Waals surface area contributed by atoms with Gasteiger partial charge in [-0.25, -0.2) is 0 Å². The van der Waals surface area contributed by atoms with Crippen molar-refractivity contribution >= 4 is 11.8 Å². The average Bonchev–Trinajstić information content (AvgIpc) is 3.24. The molecular weight excluding hydrogens is 360 g/mol. The predicted molar refractivity (Wildman–Crippen MR) is 91.3 cm³/mol. The molecule has 1 aromatic rings. The molecule has 0 radical (unpaired) electrons. The number of likely N-dealkylation sites (tertiary alicyclic amines) is 1. The van der Waals surface area contributed by atoms with Crippen LogP contribution in [-0.2, 0) is 15.5 Å². The van der Waals surface area contributed by atoms with Gasteiger partial charge in [0.25, 0.3) is 11.8 Å². The smallest absolute Gasteiger partial charge is 0.304 e. The molecule has 1 N–H and O–H groups in total. The molecule has 0 saturated carbocycles. The van der Waals surface area contributed by atoms with Crippen LogP contribution < -0.4 is 5.32 Å². The molecule has 0 aromatic carbocycles. The van der Waals surface area contributed by atoms with Crippen molar-refractivity contribution in [3.8, 4) is 0 Å². The summed E-state index contributed by atoms with van der Waals surface area (Å²) in [6, 6.07) is 0.753. The van der Waals surface area contributed by atoms with E-state index in [2.05, 4.69) is 15.0 Å². The van der Waals surface area contributed by atoms with Crippen LogP contribution in [-0.4, -0.2) is 52.7 Å². The first-order valence-corrected chi connectivity index (χ1v) is 9.21. The SMILES string of the molecule is C[C@@H]1C[C@@H](NC(=O)C2(C)CCCO2)CCN1C(=O)c1cc(C(C)(F)F)on1. The highest BCUT2D eigenvalue weighted by Gasteiger charge is 2.40. The summed E-state index contributed by atoms with van der Waals surface area (Å²) < 4.78 is 36.7. The maximum atomic E-state index is 13.3. The maximum Gasteiger partial charge on any atom is 0.304 e. The molecule has 150 valence electrons. The van der Waals surface area contributed by atoms with Crippen molar-refractivity contribution in [1.29, 1.82) is 0 Å². The molecule has 0 spiro atoms. The summed E-state index contributed by atoms with van der Waals surface area (Å²) in [5.41, 5.74) is -0.911. The minimum absolute atomic E-state index is 0.0644. The molecule has 0 aliphatic carbocycles. The number of piperidine rings is 1. The first-order valence-electron chi connectivity index (χ1n) is 9.21. The van der Waals surface area contributed by atoms with Gasteiger partial charge in [0.05, 0.1) is 0 Å². The Hall–Kier alpha value is -2.03. The number of hydrogen-bond donors (Lipinski definition) is 1. The molecule has 27 heavy (non-hydrogen) atoms. The number of ether oxygens (including phenoxy) is 1. The van der Waals surface area contributed by atoms with Crippen LogP contribution in [0.15, 0.2) is 10.6 Å². The minimum Gasteiger partial charge on any atom is -0.365 e. The van der Waals surface area contributed by atoms with E-state index in [4.69, 9.17) is 4.74 Å². The van der Waals surface area contributed by atoms with E-state index in [1.807, 2.05) is 6.92 Å². The summed E-state index contributed by atoms with van der Waals surface area (Å²) in [5, 5.41) is 6.51. The molecule has 1 unspecified atom stereocenters. The topological polar surface area (TPSA) is 84.7 Å². The van der Waals surface area contributed by atoms with Gasteiger partial charge in [-0.1, -0.05) is 5.16 Å². The Balaban J connectivity index is 1.59. The zero-order valence-corrected chi connectivity index (χ0v) is 15.8. The fraction of sp³-hybridized carbons (Fsp3) is 0.722. The van der Waals surface area contributed by atoms with Gasteiger partial charge in [0, 0.05) is 38.2 Å². The van der Waals surface area contributed by atoms with Gasteiger partial charge in [0.15, 0.2) is 5.69 Å². The van der Waals surface area contributed by atoms with Crippen molar-refractivity contribution in [3.05, 3.63) is 17.5 Å². The van der Waals surface area contributed by atoms with Gasteiger partial charge in [0.1, 0.15) is 5.60 Å². The van der Waals surface area contributed by atoms with Crippen LogP contribution in [0.5, 0.6) is 0 Å². The van der Waals surface area contributed by atoms with Crippen molar-refractivity contribution in [1.82, 2.24) is 15.4 Å². The zero-order chi connectivity index (χ0) is 19.8. The quantitative estimate of drug-likeness (QED) is 0.861. The molecule has 1 aromatic heterocycles. The zero-order valence-electron chi connectivity index (χ0n) is 15.8. The largest absolute Gasteiger partial charge is 0.365 e. The summed E-state index contributed by atoms with van der Waals surface area (Å²) in [6.45, 7) is 5.33. The lowest BCUT2D eigenvalue weighted by atomic mass is 9.95. The van der Waals surface area contributed by atoms with Gasteiger partial charge < -0.3 is 19.5 Å². The highest BCUT2D eigenvalue weighted by Crippen LogP contribution is 2.29. The Bertz CT molecular complexity index is 710. The van der Waals surface area contributed by atoms with Crippen LogP contribution in [0.3, 0.4) is 0 Å². The Labute approximate surface area is 156 Å².